The first-order valence-electron chi connectivity index (χ1n) is 7.17. The summed E-state index contributed by atoms with van der Waals surface area (Å²) in [4.78, 5) is 14.7. The van der Waals surface area contributed by atoms with Gasteiger partial charge in [0.05, 0.1) is 5.56 Å². The number of ether oxygens (including phenoxy) is 1. The number of aryl methyl sites for hydroxylation is 1. The van der Waals surface area contributed by atoms with E-state index in [1.807, 2.05) is 0 Å². The topological polar surface area (TPSA) is 39.2 Å². The first kappa shape index (κ1) is 17.7. The first-order valence-corrected chi connectivity index (χ1v) is 7.17. The first-order chi connectivity index (χ1) is 11.3. The minimum Gasteiger partial charge on any atom is -0.409 e. The average Bonchev–Trinajstić information content (AvgIpc) is 2.50. The van der Waals surface area contributed by atoms with Crippen LogP contribution in [-0.2, 0) is 11.0 Å². The molecule has 0 aliphatic rings. The Kier molecular flexibility index (Phi) is 5.07. The highest BCUT2D eigenvalue weighted by Crippen LogP contribution is 2.37. The summed E-state index contributed by atoms with van der Waals surface area (Å²) >= 11 is 0. The van der Waals surface area contributed by atoms with Gasteiger partial charge in [-0.05, 0) is 61.7 Å². The number of hydrogen-bond acceptors (Lipinski definition) is 3. The van der Waals surface area contributed by atoms with Crippen LogP contribution in [0.4, 0.5) is 13.2 Å². The van der Waals surface area contributed by atoms with Gasteiger partial charge in [0.25, 0.3) is 6.47 Å². The molecule has 24 heavy (non-hydrogen) atoms. The molecule has 1 aromatic heterocycles. The van der Waals surface area contributed by atoms with Crippen molar-refractivity contribution in [1.29, 1.82) is 0 Å². The maximum absolute atomic E-state index is 13.1. The van der Waals surface area contributed by atoms with Crippen molar-refractivity contribution in [2.75, 3.05) is 0 Å². The molecule has 0 radical (unpaired) electrons. The summed E-state index contributed by atoms with van der Waals surface area (Å²) in [6.07, 6.45) is -2.99. The van der Waals surface area contributed by atoms with E-state index in [1.165, 1.54) is 12.3 Å². The Labute approximate surface area is 137 Å². The maximum atomic E-state index is 13.1. The number of pyridine rings is 1. The molecule has 0 saturated carbocycles. The molecule has 3 nitrogen and oxygen atoms in total. The Morgan fingerprint density at radius 3 is 2.46 bits per heavy atom. The molecule has 0 N–H and O–H groups in total. The SMILES string of the molecule is CC(C)=C(c1cc(C(F)(F)F)ccc1C)c1cccnc1OC=O. The molecular weight excluding hydrogens is 319 g/mol. The monoisotopic (exact) mass is 335 g/mol. The van der Waals surface area contributed by atoms with Crippen LogP contribution in [0.15, 0.2) is 42.1 Å². The number of benzene rings is 1. The fourth-order valence-corrected chi connectivity index (χ4v) is 2.47. The number of carbonyl (C=O) groups excluding carboxylic acids is 1. The molecule has 0 aliphatic heterocycles. The van der Waals surface area contributed by atoms with E-state index in [1.54, 1.807) is 32.9 Å². The second kappa shape index (κ2) is 6.86. The molecule has 2 aromatic rings. The van der Waals surface area contributed by atoms with Crippen LogP contribution in [0.1, 0.15) is 36.1 Å². The number of hydrogen-bond donors (Lipinski definition) is 0. The predicted octanol–water partition coefficient (Wildman–Crippen LogP) is 4.79. The zero-order valence-electron chi connectivity index (χ0n) is 13.4. The average molecular weight is 335 g/mol. The lowest BCUT2D eigenvalue weighted by Gasteiger charge is -2.17. The molecule has 2 rings (SSSR count). The zero-order valence-corrected chi connectivity index (χ0v) is 13.4. The standard InChI is InChI=1S/C18H16F3NO2/c1-11(2)16(14-5-4-8-22-17(14)24-10-23)15-9-13(18(19,20)21)7-6-12(15)3/h4-10H,1-3H3. The van der Waals surface area contributed by atoms with Gasteiger partial charge >= 0.3 is 6.18 Å². The summed E-state index contributed by atoms with van der Waals surface area (Å²) in [5, 5.41) is 0. The van der Waals surface area contributed by atoms with Gasteiger partial charge in [-0.15, -0.1) is 0 Å². The Hall–Kier alpha value is -2.63. The highest BCUT2D eigenvalue weighted by molar-refractivity contribution is 5.85. The van der Waals surface area contributed by atoms with Crippen LogP contribution in [0.2, 0.25) is 0 Å². The van der Waals surface area contributed by atoms with Gasteiger partial charge in [0.1, 0.15) is 0 Å². The molecule has 0 fully saturated rings. The largest absolute Gasteiger partial charge is 0.416 e. The molecule has 0 bridgehead atoms. The van der Waals surface area contributed by atoms with Gasteiger partial charge in [-0.1, -0.05) is 11.6 Å². The summed E-state index contributed by atoms with van der Waals surface area (Å²) in [6, 6.07) is 6.88. The highest BCUT2D eigenvalue weighted by atomic mass is 19.4. The van der Waals surface area contributed by atoms with Gasteiger partial charge in [0, 0.05) is 11.8 Å². The minimum absolute atomic E-state index is 0.0560. The van der Waals surface area contributed by atoms with Crippen molar-refractivity contribution in [1.82, 2.24) is 4.98 Å². The molecule has 0 unspecified atom stereocenters. The van der Waals surface area contributed by atoms with Crippen molar-refractivity contribution in [2.45, 2.75) is 26.9 Å². The van der Waals surface area contributed by atoms with Crippen LogP contribution in [0.3, 0.4) is 0 Å². The van der Waals surface area contributed by atoms with Gasteiger partial charge in [-0.3, -0.25) is 4.79 Å². The van der Waals surface area contributed by atoms with E-state index in [0.29, 0.717) is 22.3 Å². The van der Waals surface area contributed by atoms with E-state index in [-0.39, 0.29) is 12.4 Å². The smallest absolute Gasteiger partial charge is 0.409 e. The lowest BCUT2D eigenvalue weighted by atomic mass is 9.90. The number of allylic oxidation sites excluding steroid dienone is 1. The second-order valence-electron chi connectivity index (χ2n) is 5.47. The fourth-order valence-electron chi connectivity index (χ4n) is 2.47. The Bertz CT molecular complexity index is 791. The Morgan fingerprint density at radius 2 is 1.88 bits per heavy atom. The van der Waals surface area contributed by atoms with Crippen molar-refractivity contribution in [3.05, 3.63) is 64.4 Å². The molecule has 0 amide bonds. The molecule has 0 aliphatic carbocycles. The van der Waals surface area contributed by atoms with Crippen molar-refractivity contribution in [3.8, 4) is 5.88 Å². The van der Waals surface area contributed by atoms with Gasteiger partial charge in [0.2, 0.25) is 5.88 Å². The normalized spacial score (nSPS) is 11.1. The summed E-state index contributed by atoms with van der Waals surface area (Å²) in [7, 11) is 0. The van der Waals surface area contributed by atoms with E-state index in [0.717, 1.165) is 17.7 Å². The van der Waals surface area contributed by atoms with Crippen molar-refractivity contribution in [2.24, 2.45) is 0 Å². The van der Waals surface area contributed by atoms with Crippen LogP contribution in [0, 0.1) is 6.92 Å². The van der Waals surface area contributed by atoms with Crippen molar-refractivity contribution in [3.63, 3.8) is 0 Å². The van der Waals surface area contributed by atoms with E-state index in [2.05, 4.69) is 4.98 Å². The lowest BCUT2D eigenvalue weighted by molar-refractivity contribution is -0.137. The fraction of sp³-hybridized carbons (Fsp3) is 0.222. The summed E-state index contributed by atoms with van der Waals surface area (Å²) in [5.41, 5.74) is 2.18. The van der Waals surface area contributed by atoms with Gasteiger partial charge < -0.3 is 4.74 Å². The Morgan fingerprint density at radius 1 is 1.17 bits per heavy atom. The molecular formula is C18H16F3NO2. The minimum atomic E-state index is -4.44. The van der Waals surface area contributed by atoms with Crippen LogP contribution < -0.4 is 4.74 Å². The van der Waals surface area contributed by atoms with E-state index >= 15 is 0 Å². The molecule has 0 atom stereocenters. The van der Waals surface area contributed by atoms with E-state index < -0.39 is 11.7 Å². The van der Waals surface area contributed by atoms with Crippen LogP contribution >= 0.6 is 0 Å². The number of nitrogens with zero attached hydrogens (tertiary/aromatic N) is 1. The molecule has 0 saturated heterocycles. The predicted molar refractivity (Wildman–Crippen MR) is 84.5 cm³/mol. The summed E-state index contributed by atoms with van der Waals surface area (Å²) in [5.74, 6) is 0.0560. The third-order valence-corrected chi connectivity index (χ3v) is 3.53. The summed E-state index contributed by atoms with van der Waals surface area (Å²) < 4.78 is 44.1. The second-order valence-corrected chi connectivity index (χ2v) is 5.47. The molecule has 0 spiro atoms. The van der Waals surface area contributed by atoms with E-state index in [9.17, 15) is 18.0 Å². The quantitative estimate of drug-likeness (QED) is 0.755. The molecule has 1 aromatic carbocycles. The Balaban J connectivity index is 2.72. The van der Waals surface area contributed by atoms with E-state index in [4.69, 9.17) is 4.74 Å². The molecule has 6 heteroatoms. The number of halogens is 3. The van der Waals surface area contributed by atoms with Gasteiger partial charge in [-0.2, -0.15) is 13.2 Å². The zero-order chi connectivity index (χ0) is 17.9. The number of rotatable bonds is 4. The van der Waals surface area contributed by atoms with Crippen LogP contribution in [-0.4, -0.2) is 11.5 Å². The third kappa shape index (κ3) is 3.64. The van der Waals surface area contributed by atoms with Crippen molar-refractivity contribution < 1.29 is 22.7 Å². The number of aromatic nitrogens is 1. The number of carbonyl (C=O) groups is 1. The van der Waals surface area contributed by atoms with Crippen LogP contribution in [0.5, 0.6) is 5.88 Å². The van der Waals surface area contributed by atoms with Gasteiger partial charge in [-0.25, -0.2) is 4.98 Å². The molecule has 1 heterocycles. The van der Waals surface area contributed by atoms with Crippen molar-refractivity contribution >= 4 is 12.0 Å². The molecule has 126 valence electrons. The highest BCUT2D eigenvalue weighted by Gasteiger charge is 2.31. The number of alkyl halides is 3. The van der Waals surface area contributed by atoms with Gasteiger partial charge in [0.15, 0.2) is 0 Å². The van der Waals surface area contributed by atoms with Crippen LogP contribution in [0.25, 0.3) is 5.57 Å². The third-order valence-electron chi connectivity index (χ3n) is 3.53. The maximum Gasteiger partial charge on any atom is 0.416 e. The lowest BCUT2D eigenvalue weighted by Crippen LogP contribution is -2.07. The summed E-state index contributed by atoms with van der Waals surface area (Å²) in [6.45, 7) is 5.54.